The number of carbonyl (C=O) groups is 2. The first kappa shape index (κ1) is 14.3. The van der Waals surface area contributed by atoms with Gasteiger partial charge in [-0.1, -0.05) is 12.1 Å². The van der Waals surface area contributed by atoms with E-state index in [1.54, 1.807) is 31.1 Å². The topological polar surface area (TPSA) is 86.9 Å². The Kier molecular flexibility index (Phi) is 3.56. The van der Waals surface area contributed by atoms with E-state index in [9.17, 15) is 14.6 Å². The Balaban J connectivity index is 1.80. The molecule has 6 nitrogen and oxygen atoms in total. The molecular formula is C14H18BN3O3. The van der Waals surface area contributed by atoms with E-state index in [0.29, 0.717) is 24.1 Å². The predicted octanol–water partition coefficient (Wildman–Crippen LogP) is -0.205. The average molecular weight is 287 g/mol. The van der Waals surface area contributed by atoms with Crippen LogP contribution in [0, 0.1) is 0 Å². The zero-order chi connectivity index (χ0) is 15.1. The first-order chi connectivity index (χ1) is 9.99. The maximum absolute atomic E-state index is 12.3. The smallest absolute Gasteiger partial charge is 0.376 e. The van der Waals surface area contributed by atoms with Crippen molar-refractivity contribution >= 4 is 18.9 Å². The molecule has 2 aliphatic rings. The first-order valence-corrected chi connectivity index (χ1v) is 7.13. The standard InChI is InChI=1S/C14H18BN3O3/c1-15(21)18-7-9(16)6-10(18)8-17-13(19)11-4-2-3-5-12(11)14(17)20/h2-5,9-10,21H,6-8,16H2,1H3/t9-,10-/m1/s1. The van der Waals surface area contributed by atoms with E-state index >= 15 is 0 Å². The van der Waals surface area contributed by atoms with E-state index in [0.717, 1.165) is 0 Å². The fourth-order valence-electron chi connectivity index (χ4n) is 3.23. The van der Waals surface area contributed by atoms with E-state index in [2.05, 4.69) is 0 Å². The summed E-state index contributed by atoms with van der Waals surface area (Å²) in [6.45, 7) is 2.52. The molecule has 0 spiro atoms. The van der Waals surface area contributed by atoms with Crippen LogP contribution in [0.25, 0.3) is 0 Å². The summed E-state index contributed by atoms with van der Waals surface area (Å²) in [5, 5.41) is 9.80. The van der Waals surface area contributed by atoms with Gasteiger partial charge in [-0.2, -0.15) is 0 Å². The normalized spacial score (nSPS) is 25.6. The third-order valence-electron chi connectivity index (χ3n) is 4.24. The van der Waals surface area contributed by atoms with Crippen molar-refractivity contribution in [3.8, 4) is 0 Å². The molecule has 0 saturated carbocycles. The highest BCUT2D eigenvalue weighted by Crippen LogP contribution is 2.25. The molecule has 2 amide bonds. The lowest BCUT2D eigenvalue weighted by molar-refractivity contribution is 0.0625. The number of fused-ring (bicyclic) bond motifs is 1. The molecule has 0 aromatic heterocycles. The summed E-state index contributed by atoms with van der Waals surface area (Å²) in [6, 6.07) is 6.70. The highest BCUT2D eigenvalue weighted by atomic mass is 16.2. The van der Waals surface area contributed by atoms with Gasteiger partial charge in [0.25, 0.3) is 11.8 Å². The molecule has 110 valence electrons. The van der Waals surface area contributed by atoms with Gasteiger partial charge in [-0.25, -0.2) is 0 Å². The van der Waals surface area contributed by atoms with Gasteiger partial charge in [0.05, 0.1) is 11.1 Å². The molecule has 1 fully saturated rings. The Bertz CT molecular complexity index is 558. The molecular weight excluding hydrogens is 269 g/mol. The van der Waals surface area contributed by atoms with Crippen molar-refractivity contribution in [2.24, 2.45) is 5.73 Å². The van der Waals surface area contributed by atoms with Gasteiger partial charge in [-0.3, -0.25) is 14.5 Å². The van der Waals surface area contributed by atoms with E-state index in [1.807, 2.05) is 4.81 Å². The Morgan fingerprint density at radius 3 is 2.38 bits per heavy atom. The molecule has 1 aromatic rings. The minimum atomic E-state index is -0.640. The molecule has 0 bridgehead atoms. The van der Waals surface area contributed by atoms with Crippen LogP contribution in [0.1, 0.15) is 27.1 Å². The highest BCUT2D eigenvalue weighted by molar-refractivity contribution is 6.45. The predicted molar refractivity (Wildman–Crippen MR) is 78.7 cm³/mol. The quantitative estimate of drug-likeness (QED) is 0.593. The Labute approximate surface area is 123 Å². The monoisotopic (exact) mass is 287 g/mol. The fourth-order valence-corrected chi connectivity index (χ4v) is 3.23. The number of nitrogens with zero attached hydrogens (tertiary/aromatic N) is 2. The average Bonchev–Trinajstić information content (AvgIpc) is 2.94. The number of rotatable bonds is 3. The van der Waals surface area contributed by atoms with Crippen molar-refractivity contribution in [3.63, 3.8) is 0 Å². The van der Waals surface area contributed by atoms with Gasteiger partial charge in [0.1, 0.15) is 0 Å². The molecule has 1 saturated heterocycles. The maximum atomic E-state index is 12.3. The summed E-state index contributed by atoms with van der Waals surface area (Å²) in [7, 11) is -0.640. The summed E-state index contributed by atoms with van der Waals surface area (Å²) >= 11 is 0. The molecule has 3 N–H and O–H groups in total. The van der Waals surface area contributed by atoms with Crippen molar-refractivity contribution in [3.05, 3.63) is 35.4 Å². The van der Waals surface area contributed by atoms with Gasteiger partial charge in [0, 0.05) is 25.2 Å². The van der Waals surface area contributed by atoms with Crippen LogP contribution in [-0.4, -0.2) is 58.8 Å². The second kappa shape index (κ2) is 5.25. The van der Waals surface area contributed by atoms with Crippen LogP contribution >= 0.6 is 0 Å². The van der Waals surface area contributed by atoms with Gasteiger partial charge in [0.2, 0.25) is 0 Å². The lowest BCUT2D eigenvalue weighted by Gasteiger charge is -2.28. The van der Waals surface area contributed by atoms with Crippen LogP contribution in [0.5, 0.6) is 0 Å². The molecule has 2 heterocycles. The lowest BCUT2D eigenvalue weighted by atomic mass is 9.84. The number of hydrogen-bond donors (Lipinski definition) is 2. The second-order valence-corrected chi connectivity index (χ2v) is 5.74. The molecule has 0 radical (unpaired) electrons. The summed E-state index contributed by atoms with van der Waals surface area (Å²) in [4.78, 5) is 27.8. The molecule has 2 aliphatic heterocycles. The van der Waals surface area contributed by atoms with Crippen LogP contribution in [0.3, 0.4) is 0 Å². The minimum absolute atomic E-state index is 0.0419. The molecule has 3 rings (SSSR count). The Morgan fingerprint density at radius 2 is 1.86 bits per heavy atom. The van der Waals surface area contributed by atoms with E-state index in [4.69, 9.17) is 5.73 Å². The van der Waals surface area contributed by atoms with Gasteiger partial charge in [-0.05, 0) is 25.4 Å². The second-order valence-electron chi connectivity index (χ2n) is 5.74. The van der Waals surface area contributed by atoms with Crippen LogP contribution < -0.4 is 5.73 Å². The number of amides is 2. The van der Waals surface area contributed by atoms with E-state index < -0.39 is 7.05 Å². The van der Waals surface area contributed by atoms with Crippen molar-refractivity contribution < 1.29 is 14.6 Å². The zero-order valence-electron chi connectivity index (χ0n) is 11.9. The number of imide groups is 1. The lowest BCUT2D eigenvalue weighted by Crippen LogP contribution is -2.48. The van der Waals surface area contributed by atoms with E-state index in [1.165, 1.54) is 4.90 Å². The number of hydrogen-bond acceptors (Lipinski definition) is 5. The number of benzene rings is 1. The van der Waals surface area contributed by atoms with Gasteiger partial charge in [0.15, 0.2) is 0 Å². The Morgan fingerprint density at radius 1 is 1.29 bits per heavy atom. The first-order valence-electron chi connectivity index (χ1n) is 7.13. The summed E-state index contributed by atoms with van der Waals surface area (Å²) in [5.74, 6) is -0.525. The van der Waals surface area contributed by atoms with Gasteiger partial charge >= 0.3 is 7.05 Å². The molecule has 0 unspecified atom stereocenters. The number of nitrogens with two attached hydrogens (primary N) is 1. The third-order valence-corrected chi connectivity index (χ3v) is 4.24. The van der Waals surface area contributed by atoms with Crippen LogP contribution in [0.4, 0.5) is 0 Å². The van der Waals surface area contributed by atoms with Crippen LogP contribution in [-0.2, 0) is 0 Å². The molecule has 1 aromatic carbocycles. The molecule has 21 heavy (non-hydrogen) atoms. The van der Waals surface area contributed by atoms with Crippen LogP contribution in [0.2, 0.25) is 6.82 Å². The fraction of sp³-hybridized carbons (Fsp3) is 0.429. The maximum Gasteiger partial charge on any atom is 0.376 e. The van der Waals surface area contributed by atoms with Crippen molar-refractivity contribution in [2.75, 3.05) is 13.1 Å². The van der Waals surface area contributed by atoms with Crippen molar-refractivity contribution in [1.29, 1.82) is 0 Å². The molecule has 0 aliphatic carbocycles. The molecule has 2 atom stereocenters. The largest absolute Gasteiger partial charge is 0.437 e. The number of carbonyl (C=O) groups excluding carboxylic acids is 2. The summed E-state index contributed by atoms with van der Waals surface area (Å²) in [6.07, 6.45) is 0.665. The van der Waals surface area contributed by atoms with Crippen molar-refractivity contribution in [2.45, 2.75) is 25.3 Å². The summed E-state index contributed by atoms with van der Waals surface area (Å²) < 4.78 is 0. The van der Waals surface area contributed by atoms with Crippen molar-refractivity contribution in [1.82, 2.24) is 9.71 Å². The minimum Gasteiger partial charge on any atom is -0.437 e. The Hall–Kier alpha value is -1.70. The highest BCUT2D eigenvalue weighted by Gasteiger charge is 2.41. The zero-order valence-corrected chi connectivity index (χ0v) is 11.9. The SMILES string of the molecule is CB(O)N1C[C@H](N)C[C@@H]1CN1C(=O)c2ccccc2C1=O. The molecule has 7 heteroatoms. The van der Waals surface area contributed by atoms with E-state index in [-0.39, 0.29) is 30.4 Å². The van der Waals surface area contributed by atoms with Gasteiger partial charge in [-0.15, -0.1) is 0 Å². The summed E-state index contributed by atoms with van der Waals surface area (Å²) in [5.41, 5.74) is 6.84. The third kappa shape index (κ3) is 2.37. The van der Waals surface area contributed by atoms with Gasteiger partial charge < -0.3 is 15.6 Å². The van der Waals surface area contributed by atoms with Crippen LogP contribution in [0.15, 0.2) is 24.3 Å².